The minimum Gasteiger partial charge on any atom is -0.442 e. The van der Waals surface area contributed by atoms with E-state index in [-0.39, 0.29) is 0 Å². The molecule has 0 atom stereocenters. The van der Waals surface area contributed by atoms with E-state index in [0.717, 1.165) is 0 Å². The number of hydrogen-bond acceptors (Lipinski definition) is 1. The van der Waals surface area contributed by atoms with E-state index in [1.165, 1.54) is 31.6 Å². The van der Waals surface area contributed by atoms with Gasteiger partial charge in [0, 0.05) is 0 Å². The van der Waals surface area contributed by atoms with Crippen molar-refractivity contribution in [3.63, 3.8) is 0 Å². The number of allylic oxidation sites excluding steroid dienone is 1. The van der Waals surface area contributed by atoms with Crippen LogP contribution in [0.1, 0.15) is 0 Å². The van der Waals surface area contributed by atoms with Gasteiger partial charge in [0.25, 0.3) is 0 Å². The van der Waals surface area contributed by atoms with Crippen molar-refractivity contribution in [2.45, 2.75) is 3.67 Å². The monoisotopic (exact) mass is 112 g/mol. The second-order valence-electron chi connectivity index (χ2n) is 0.697. The predicted molar refractivity (Wildman–Crippen MR) is 32.9 cm³/mol. The van der Waals surface area contributed by atoms with E-state index in [1.807, 2.05) is 6.08 Å². The predicted octanol–water partition coefficient (Wildman–Crippen LogP) is -0.982. The van der Waals surface area contributed by atoms with Crippen molar-refractivity contribution in [1.82, 2.24) is 0 Å². The molecule has 0 heterocycles. The van der Waals surface area contributed by atoms with Crippen molar-refractivity contribution in [3.05, 3.63) is 12.7 Å². The van der Waals surface area contributed by atoms with Gasteiger partial charge in [-0.3, -0.25) is 0 Å². The van der Waals surface area contributed by atoms with Crippen LogP contribution in [0.4, 0.5) is 0 Å². The van der Waals surface area contributed by atoms with Crippen molar-refractivity contribution in [3.8, 4) is 0 Å². The molecule has 0 unspecified atom stereocenters. The molecular formula is C3H9NaOSi. The zero-order valence-electron chi connectivity index (χ0n) is 4.44. The first-order valence-corrected chi connectivity index (χ1v) is 4.28. The average molecular weight is 112 g/mol. The summed E-state index contributed by atoms with van der Waals surface area (Å²) >= 11 is 1.27. The Morgan fingerprint density at radius 1 is 1.83 bits per heavy atom. The maximum atomic E-state index is 7.14. The van der Waals surface area contributed by atoms with Gasteiger partial charge in [-0.05, 0) is 0 Å². The van der Waals surface area contributed by atoms with E-state index in [4.69, 9.17) is 4.80 Å². The molecule has 1 N–H and O–H groups in total. The third-order valence-electron chi connectivity index (χ3n) is 0.289. The van der Waals surface area contributed by atoms with Crippen molar-refractivity contribution in [1.29, 1.82) is 0 Å². The van der Waals surface area contributed by atoms with E-state index in [9.17, 15) is 0 Å². The van der Waals surface area contributed by atoms with E-state index < -0.39 is 0 Å². The molecule has 0 aliphatic rings. The Morgan fingerprint density at radius 2 is 2.00 bits per heavy atom. The first-order valence-electron chi connectivity index (χ1n) is 1.97. The normalized spacial score (nSPS) is 5.83. The Hall–Kier alpha value is 0.917. The fourth-order valence-electron chi connectivity index (χ4n) is 0. The van der Waals surface area contributed by atoms with Gasteiger partial charge in [-0.1, -0.05) is 0 Å². The summed E-state index contributed by atoms with van der Waals surface area (Å²) in [5, 5.41) is 0. The van der Waals surface area contributed by atoms with Gasteiger partial charge >= 0.3 is 44.3 Å². The van der Waals surface area contributed by atoms with Gasteiger partial charge in [0.2, 0.25) is 0 Å². The maximum absolute atomic E-state index is 7.14. The minimum absolute atomic E-state index is 0.306. The Labute approximate surface area is 59.4 Å². The first kappa shape index (κ1) is 10.0. The topological polar surface area (TPSA) is 20.2 Å². The van der Waals surface area contributed by atoms with Gasteiger partial charge in [-0.25, -0.2) is 0 Å². The number of hydrogen-bond donors (Lipinski definition) is 1. The second-order valence-corrected chi connectivity index (χ2v) is 1.51. The van der Waals surface area contributed by atoms with Gasteiger partial charge in [0.15, 0.2) is 0 Å². The molecule has 0 spiro atoms. The molecule has 0 amide bonds. The van der Waals surface area contributed by atoms with Gasteiger partial charge < -0.3 is 4.80 Å². The zero-order chi connectivity index (χ0) is 5.41. The van der Waals surface area contributed by atoms with Crippen LogP contribution in [0.3, 0.4) is 0 Å². The van der Waals surface area contributed by atoms with Crippen LogP contribution in [0.25, 0.3) is 0 Å². The van der Waals surface area contributed by atoms with Gasteiger partial charge in [-0.2, -0.15) is 0 Å². The molecule has 0 aliphatic carbocycles. The van der Waals surface area contributed by atoms with E-state index in [1.54, 1.807) is 0 Å². The van der Waals surface area contributed by atoms with Crippen LogP contribution in [0.15, 0.2) is 12.7 Å². The van der Waals surface area contributed by atoms with E-state index >= 15 is 0 Å². The molecule has 0 fully saturated rings. The molecule has 0 saturated heterocycles. The van der Waals surface area contributed by atoms with Crippen LogP contribution >= 0.6 is 0 Å². The van der Waals surface area contributed by atoms with Gasteiger partial charge in [-0.15, -0.1) is 0 Å². The summed E-state index contributed by atoms with van der Waals surface area (Å²) in [5.41, 5.74) is 0. The SMILES string of the molecule is C=C[CH2][Na].O[SiH3]. The molecule has 32 valence electrons. The third-order valence-corrected chi connectivity index (χ3v) is 0.866. The Morgan fingerprint density at radius 3 is 2.00 bits per heavy atom. The molecule has 0 aromatic heterocycles. The standard InChI is InChI=1S/C3H5.Na.H4OSi/c1-3-2;;1-2/h3H,1-2H2;;1H,2H3. The summed E-state index contributed by atoms with van der Waals surface area (Å²) in [6.07, 6.45) is 1.94. The van der Waals surface area contributed by atoms with E-state index in [2.05, 4.69) is 6.58 Å². The van der Waals surface area contributed by atoms with Crippen molar-refractivity contribution in [2.75, 3.05) is 0 Å². The van der Waals surface area contributed by atoms with E-state index in [0.29, 0.717) is 10.5 Å². The van der Waals surface area contributed by atoms with Crippen LogP contribution < -0.4 is 0 Å². The van der Waals surface area contributed by atoms with Crippen LogP contribution in [-0.2, 0) is 0 Å². The summed E-state index contributed by atoms with van der Waals surface area (Å²) in [6, 6.07) is 0. The van der Waals surface area contributed by atoms with Gasteiger partial charge in [0.05, 0.1) is 0 Å². The van der Waals surface area contributed by atoms with Gasteiger partial charge in [0.1, 0.15) is 10.5 Å². The fraction of sp³-hybridized carbons (Fsp3) is 0.333. The molecule has 0 aromatic carbocycles. The van der Waals surface area contributed by atoms with Crippen LogP contribution in [0.2, 0.25) is 3.67 Å². The molecule has 6 heavy (non-hydrogen) atoms. The summed E-state index contributed by atoms with van der Waals surface area (Å²) in [4.78, 5) is 7.14. The number of rotatable bonds is 1. The first-order chi connectivity index (χ1) is 2.91. The molecular weight excluding hydrogens is 103 g/mol. The Kier molecular flexibility index (Phi) is 28.1. The third kappa shape index (κ3) is 20.5. The largest absolute Gasteiger partial charge is 0.442 e. The molecule has 0 rings (SSSR count). The van der Waals surface area contributed by atoms with Crippen LogP contribution in [0, 0.1) is 0 Å². The zero-order valence-corrected chi connectivity index (χ0v) is 8.44. The molecule has 3 heteroatoms. The summed E-state index contributed by atoms with van der Waals surface area (Å²) in [5.74, 6) is 0. The second kappa shape index (κ2) is 16.8. The van der Waals surface area contributed by atoms with Crippen molar-refractivity contribution < 1.29 is 4.80 Å². The summed E-state index contributed by atoms with van der Waals surface area (Å²) in [6.45, 7) is 3.51. The molecule has 0 aliphatic heterocycles. The van der Waals surface area contributed by atoms with Crippen LogP contribution in [0.5, 0.6) is 0 Å². The Balaban J connectivity index is 0. The smallest absolute Gasteiger partial charge is 0.141 e. The van der Waals surface area contributed by atoms with Crippen LogP contribution in [-0.4, -0.2) is 43.2 Å². The molecule has 1 nitrogen and oxygen atoms in total. The molecule has 0 aromatic rings. The molecule has 0 radical (unpaired) electrons. The average Bonchev–Trinajstić information content (AvgIpc) is 1.72. The minimum atomic E-state index is 0.306. The van der Waals surface area contributed by atoms with Crippen molar-refractivity contribution in [2.24, 2.45) is 0 Å². The van der Waals surface area contributed by atoms with Crippen molar-refractivity contribution >= 4 is 38.4 Å². The maximum Gasteiger partial charge on any atom is 0.141 e. The summed E-state index contributed by atoms with van der Waals surface area (Å²) < 4.78 is 1.22. The summed E-state index contributed by atoms with van der Waals surface area (Å²) in [7, 11) is 0.306. The molecule has 0 bridgehead atoms. The Bertz CT molecular complexity index is 24.8. The molecule has 0 saturated carbocycles. The quantitative estimate of drug-likeness (QED) is 0.341. The fourth-order valence-corrected chi connectivity index (χ4v) is 0.